The Bertz CT molecular complexity index is 397. The van der Waals surface area contributed by atoms with Gasteiger partial charge in [-0.3, -0.25) is 9.59 Å². The van der Waals surface area contributed by atoms with Gasteiger partial charge in [0.1, 0.15) is 0 Å². The molecule has 5 nitrogen and oxygen atoms in total. The minimum absolute atomic E-state index is 0.0670. The second-order valence-electron chi connectivity index (χ2n) is 7.69. The summed E-state index contributed by atoms with van der Waals surface area (Å²) < 4.78 is 9.71. The van der Waals surface area contributed by atoms with Gasteiger partial charge < -0.3 is 14.6 Å². The molecular formula is C19H32O5. The van der Waals surface area contributed by atoms with Crippen molar-refractivity contribution < 1.29 is 24.2 Å². The van der Waals surface area contributed by atoms with Gasteiger partial charge in [-0.05, 0) is 51.4 Å². The van der Waals surface area contributed by atoms with Gasteiger partial charge in [0.25, 0.3) is 0 Å². The molecule has 0 unspecified atom stereocenters. The van der Waals surface area contributed by atoms with E-state index in [1.54, 1.807) is 0 Å². The molecule has 0 radical (unpaired) electrons. The van der Waals surface area contributed by atoms with Crippen LogP contribution < -0.4 is 0 Å². The molecular weight excluding hydrogens is 308 g/mol. The molecule has 5 heteroatoms. The van der Waals surface area contributed by atoms with Gasteiger partial charge in [-0.25, -0.2) is 0 Å². The molecule has 2 rings (SSSR count). The summed E-state index contributed by atoms with van der Waals surface area (Å²) in [6, 6.07) is 0. The molecule has 0 aromatic rings. The quantitative estimate of drug-likeness (QED) is 0.435. The second-order valence-corrected chi connectivity index (χ2v) is 7.69. The number of rotatable bonds is 12. The molecule has 0 heterocycles. The SMILES string of the molecule is COC(=O)C1(CCCCC(O)CCCCC2(C(=O)OC)CC2)CC1. The number of methoxy groups -OCH3 is 2. The first-order valence-corrected chi connectivity index (χ1v) is 9.33. The van der Waals surface area contributed by atoms with Crippen LogP contribution in [0.2, 0.25) is 0 Å². The number of hydrogen-bond donors (Lipinski definition) is 1. The van der Waals surface area contributed by atoms with Gasteiger partial charge in [-0.2, -0.15) is 0 Å². The Morgan fingerprint density at radius 3 is 1.50 bits per heavy atom. The first-order chi connectivity index (χ1) is 11.5. The maximum atomic E-state index is 11.6. The second kappa shape index (κ2) is 8.32. The van der Waals surface area contributed by atoms with E-state index in [1.807, 2.05) is 0 Å². The number of aliphatic hydroxyl groups excluding tert-OH is 1. The predicted molar refractivity (Wildman–Crippen MR) is 90.3 cm³/mol. The molecule has 2 aliphatic rings. The molecule has 24 heavy (non-hydrogen) atoms. The molecule has 2 fully saturated rings. The van der Waals surface area contributed by atoms with Crippen molar-refractivity contribution in [1.82, 2.24) is 0 Å². The zero-order valence-electron chi connectivity index (χ0n) is 15.1. The smallest absolute Gasteiger partial charge is 0.311 e. The van der Waals surface area contributed by atoms with Crippen LogP contribution in [0.3, 0.4) is 0 Å². The fraction of sp³-hybridized carbons (Fsp3) is 0.895. The highest BCUT2D eigenvalue weighted by molar-refractivity contribution is 5.80. The Morgan fingerprint density at radius 2 is 1.21 bits per heavy atom. The number of ether oxygens (including phenoxy) is 2. The molecule has 0 saturated heterocycles. The number of hydrogen-bond acceptors (Lipinski definition) is 5. The average Bonchev–Trinajstić information content (AvgIpc) is 3.50. The van der Waals surface area contributed by atoms with Gasteiger partial charge in [-0.1, -0.05) is 25.7 Å². The van der Waals surface area contributed by atoms with Crippen LogP contribution in [0, 0.1) is 10.8 Å². The van der Waals surface area contributed by atoms with Crippen molar-refractivity contribution in [3.8, 4) is 0 Å². The Hall–Kier alpha value is -1.10. The molecule has 0 spiro atoms. The van der Waals surface area contributed by atoms with Crippen LogP contribution >= 0.6 is 0 Å². The topological polar surface area (TPSA) is 72.8 Å². The van der Waals surface area contributed by atoms with Crippen molar-refractivity contribution in [3.05, 3.63) is 0 Å². The van der Waals surface area contributed by atoms with Crippen LogP contribution in [0.1, 0.15) is 77.0 Å². The van der Waals surface area contributed by atoms with Crippen LogP contribution in [0.15, 0.2) is 0 Å². The molecule has 2 saturated carbocycles. The zero-order valence-corrected chi connectivity index (χ0v) is 15.1. The Labute approximate surface area is 145 Å². The monoisotopic (exact) mass is 340 g/mol. The largest absolute Gasteiger partial charge is 0.469 e. The summed E-state index contributed by atoms with van der Waals surface area (Å²) in [6.07, 6.45) is 10.7. The summed E-state index contributed by atoms with van der Waals surface area (Å²) in [7, 11) is 2.91. The van der Waals surface area contributed by atoms with Crippen molar-refractivity contribution >= 4 is 11.9 Å². The van der Waals surface area contributed by atoms with Crippen molar-refractivity contribution in [1.29, 1.82) is 0 Å². The first kappa shape index (κ1) is 19.2. The van der Waals surface area contributed by atoms with Gasteiger partial charge in [0.05, 0.1) is 31.2 Å². The van der Waals surface area contributed by atoms with Crippen molar-refractivity contribution in [2.75, 3.05) is 14.2 Å². The molecule has 2 aliphatic carbocycles. The van der Waals surface area contributed by atoms with Crippen molar-refractivity contribution in [2.45, 2.75) is 83.2 Å². The highest BCUT2D eigenvalue weighted by Crippen LogP contribution is 2.51. The number of esters is 2. The number of unbranched alkanes of at least 4 members (excludes halogenated alkanes) is 2. The van der Waals surface area contributed by atoms with E-state index in [2.05, 4.69) is 0 Å². The summed E-state index contributed by atoms with van der Waals surface area (Å²) in [4.78, 5) is 23.3. The molecule has 0 bridgehead atoms. The van der Waals surface area contributed by atoms with Gasteiger partial charge in [0.15, 0.2) is 0 Å². The maximum absolute atomic E-state index is 11.6. The first-order valence-electron chi connectivity index (χ1n) is 9.33. The molecule has 0 aromatic carbocycles. The normalized spacial score (nSPS) is 19.8. The van der Waals surface area contributed by atoms with E-state index >= 15 is 0 Å². The molecule has 138 valence electrons. The summed E-state index contributed by atoms with van der Waals surface area (Å²) in [5, 5.41) is 10.1. The predicted octanol–water partition coefficient (Wildman–Crippen LogP) is 3.37. The highest BCUT2D eigenvalue weighted by atomic mass is 16.5. The van der Waals surface area contributed by atoms with E-state index in [4.69, 9.17) is 9.47 Å². The van der Waals surface area contributed by atoms with Gasteiger partial charge in [0.2, 0.25) is 0 Å². The molecule has 0 aliphatic heterocycles. The number of aliphatic hydroxyl groups is 1. The standard InChI is InChI=1S/C19H32O5/c1-23-16(21)18(11-12-18)9-5-3-7-15(20)8-4-6-10-19(13-14-19)17(22)24-2/h15,20H,3-14H2,1-2H3. The van der Waals surface area contributed by atoms with E-state index in [9.17, 15) is 14.7 Å². The van der Waals surface area contributed by atoms with Crippen molar-refractivity contribution in [2.24, 2.45) is 10.8 Å². The lowest BCUT2D eigenvalue weighted by atomic mass is 9.95. The minimum atomic E-state index is -0.272. The number of carbonyl (C=O) groups excluding carboxylic acids is 2. The zero-order chi connectivity index (χ0) is 17.6. The average molecular weight is 340 g/mol. The highest BCUT2D eigenvalue weighted by Gasteiger charge is 2.50. The van der Waals surface area contributed by atoms with E-state index in [-0.39, 0.29) is 28.9 Å². The third kappa shape index (κ3) is 4.95. The van der Waals surface area contributed by atoms with E-state index in [0.29, 0.717) is 0 Å². The summed E-state index contributed by atoms with van der Waals surface area (Å²) in [6.45, 7) is 0. The summed E-state index contributed by atoms with van der Waals surface area (Å²) in [5.74, 6) is -0.134. The van der Waals surface area contributed by atoms with Gasteiger partial charge in [0, 0.05) is 0 Å². The third-order valence-corrected chi connectivity index (χ3v) is 5.83. The fourth-order valence-electron chi connectivity index (χ4n) is 3.68. The van der Waals surface area contributed by atoms with Gasteiger partial charge >= 0.3 is 11.9 Å². The fourth-order valence-corrected chi connectivity index (χ4v) is 3.68. The molecule has 1 N–H and O–H groups in total. The lowest BCUT2D eigenvalue weighted by Crippen LogP contribution is -2.18. The lowest BCUT2D eigenvalue weighted by molar-refractivity contribution is -0.148. The van der Waals surface area contributed by atoms with E-state index < -0.39 is 0 Å². The van der Waals surface area contributed by atoms with Crippen LogP contribution in [0.5, 0.6) is 0 Å². The third-order valence-electron chi connectivity index (χ3n) is 5.83. The van der Waals surface area contributed by atoms with Crippen LogP contribution in [0.4, 0.5) is 0 Å². The van der Waals surface area contributed by atoms with Crippen LogP contribution in [-0.2, 0) is 19.1 Å². The Balaban J connectivity index is 1.49. The lowest BCUT2D eigenvalue weighted by Gasteiger charge is -2.15. The Kier molecular flexibility index (Phi) is 6.67. The van der Waals surface area contributed by atoms with Crippen molar-refractivity contribution in [3.63, 3.8) is 0 Å². The molecule has 0 atom stereocenters. The number of carbonyl (C=O) groups is 2. The van der Waals surface area contributed by atoms with Crippen LogP contribution in [0.25, 0.3) is 0 Å². The van der Waals surface area contributed by atoms with Gasteiger partial charge in [-0.15, -0.1) is 0 Å². The van der Waals surface area contributed by atoms with E-state index in [1.165, 1.54) is 14.2 Å². The van der Waals surface area contributed by atoms with E-state index in [0.717, 1.165) is 77.0 Å². The minimum Gasteiger partial charge on any atom is -0.469 e. The summed E-state index contributed by atoms with van der Waals surface area (Å²) >= 11 is 0. The maximum Gasteiger partial charge on any atom is 0.311 e. The molecule has 0 aromatic heterocycles. The summed E-state index contributed by atoms with van der Waals surface area (Å²) in [5.41, 5.74) is -0.404. The van der Waals surface area contributed by atoms with Crippen LogP contribution in [-0.4, -0.2) is 37.4 Å². The molecule has 0 amide bonds. The Morgan fingerprint density at radius 1 is 0.833 bits per heavy atom.